The van der Waals surface area contributed by atoms with E-state index in [0.717, 1.165) is 122 Å². The number of unbranched alkanes of at least 4 members (excludes halogenated alkanes) is 17. The average molecular weight is 1030 g/mol. The van der Waals surface area contributed by atoms with Crippen molar-refractivity contribution in [3.63, 3.8) is 0 Å². The van der Waals surface area contributed by atoms with E-state index >= 15 is 0 Å². The molecule has 0 heterocycles. The van der Waals surface area contributed by atoms with Gasteiger partial charge in [0.25, 0.3) is 0 Å². The Balaban J connectivity index is 4.04. The summed E-state index contributed by atoms with van der Waals surface area (Å²) in [5.41, 5.74) is 5.37. The van der Waals surface area contributed by atoms with Crippen LogP contribution in [-0.4, -0.2) is 49.3 Å². The Morgan fingerprint density at radius 2 is 0.753 bits per heavy atom. The minimum atomic E-state index is -4.40. The quantitative estimate of drug-likeness (QED) is 0.0264. The van der Waals surface area contributed by atoms with Crippen molar-refractivity contribution in [3.05, 3.63) is 134 Å². The summed E-state index contributed by atoms with van der Waals surface area (Å²) >= 11 is 0. The molecule has 10 heteroatoms. The second-order valence-corrected chi connectivity index (χ2v) is 19.9. The molecule has 0 bridgehead atoms. The SMILES string of the molecule is CC/C=C\C/C=C\C/C=C\C/C=C\C/C=C\C/C=C\C/C=C\C/C=C\C/C=C\C/C=C\C/C=C\CCCCCCCC(=O)OC(COC(=O)CCCCCCCCCCCCCCC)COP(=O)(O)OCCN. The van der Waals surface area contributed by atoms with E-state index in [4.69, 9.17) is 24.3 Å². The Hall–Kier alpha value is -3.85. The van der Waals surface area contributed by atoms with Crippen LogP contribution in [0.3, 0.4) is 0 Å². The van der Waals surface area contributed by atoms with E-state index in [-0.39, 0.29) is 32.6 Å². The van der Waals surface area contributed by atoms with Crippen molar-refractivity contribution in [3.8, 4) is 0 Å². The van der Waals surface area contributed by atoms with Crippen LogP contribution < -0.4 is 5.73 Å². The molecule has 0 spiro atoms. The van der Waals surface area contributed by atoms with Gasteiger partial charge in [-0.15, -0.1) is 0 Å². The van der Waals surface area contributed by atoms with Crippen LogP contribution in [0.4, 0.5) is 0 Å². The zero-order chi connectivity index (χ0) is 53.1. The summed E-state index contributed by atoms with van der Waals surface area (Å²) in [6.07, 6.45) is 80.8. The predicted molar refractivity (Wildman–Crippen MR) is 311 cm³/mol. The molecule has 0 saturated carbocycles. The van der Waals surface area contributed by atoms with E-state index in [0.29, 0.717) is 6.42 Å². The third kappa shape index (κ3) is 57.3. The molecule has 0 radical (unpaired) electrons. The first-order valence-electron chi connectivity index (χ1n) is 28.7. The number of nitrogens with two attached hydrogens (primary N) is 1. The highest BCUT2D eigenvalue weighted by Gasteiger charge is 2.26. The molecule has 2 unspecified atom stereocenters. The summed E-state index contributed by atoms with van der Waals surface area (Å²) in [7, 11) is -4.40. The first-order chi connectivity index (χ1) is 35.8. The lowest BCUT2D eigenvalue weighted by Crippen LogP contribution is -2.29. The molecule has 9 nitrogen and oxygen atoms in total. The molecule has 414 valence electrons. The van der Waals surface area contributed by atoms with Crippen molar-refractivity contribution in [1.82, 2.24) is 0 Å². The predicted octanol–water partition coefficient (Wildman–Crippen LogP) is 18.2. The van der Waals surface area contributed by atoms with E-state index in [2.05, 4.69) is 148 Å². The van der Waals surface area contributed by atoms with Crippen LogP contribution in [0.1, 0.15) is 219 Å². The second kappa shape index (κ2) is 57.4. The van der Waals surface area contributed by atoms with Gasteiger partial charge < -0.3 is 20.1 Å². The van der Waals surface area contributed by atoms with Crippen molar-refractivity contribution in [2.75, 3.05) is 26.4 Å². The summed E-state index contributed by atoms with van der Waals surface area (Å²) in [5.74, 6) is -0.856. The molecular weight excluding hydrogens is 930 g/mol. The number of ether oxygens (including phenoxy) is 2. The Morgan fingerprint density at radius 1 is 0.425 bits per heavy atom. The van der Waals surface area contributed by atoms with Crippen molar-refractivity contribution < 1.29 is 37.6 Å². The molecule has 0 aromatic carbocycles. The second-order valence-electron chi connectivity index (χ2n) is 18.4. The van der Waals surface area contributed by atoms with Gasteiger partial charge in [-0.25, -0.2) is 4.57 Å². The molecule has 0 aromatic heterocycles. The molecule has 73 heavy (non-hydrogen) atoms. The number of esters is 2. The lowest BCUT2D eigenvalue weighted by Gasteiger charge is -2.19. The summed E-state index contributed by atoms with van der Waals surface area (Å²) in [6.45, 7) is 3.59. The number of carbonyl (C=O) groups excluding carboxylic acids is 2. The fraction of sp³-hybridized carbons (Fsp3) is 0.619. The number of hydrogen-bond donors (Lipinski definition) is 2. The smallest absolute Gasteiger partial charge is 0.462 e. The topological polar surface area (TPSA) is 134 Å². The van der Waals surface area contributed by atoms with E-state index < -0.39 is 32.5 Å². The van der Waals surface area contributed by atoms with Crippen LogP contribution in [-0.2, 0) is 32.7 Å². The monoisotopic (exact) mass is 1030 g/mol. The zero-order valence-electron chi connectivity index (χ0n) is 46.1. The maximum Gasteiger partial charge on any atom is 0.472 e. The first kappa shape index (κ1) is 69.2. The zero-order valence-corrected chi connectivity index (χ0v) is 47.0. The van der Waals surface area contributed by atoms with E-state index in [1.807, 2.05) is 0 Å². The Bertz CT molecular complexity index is 1650. The number of allylic oxidation sites excluding steroid dienone is 22. The van der Waals surface area contributed by atoms with Crippen LogP contribution in [0.2, 0.25) is 0 Å². The van der Waals surface area contributed by atoms with Gasteiger partial charge in [-0.3, -0.25) is 18.6 Å². The Kier molecular flexibility index (Phi) is 54.4. The van der Waals surface area contributed by atoms with Crippen LogP contribution >= 0.6 is 7.82 Å². The normalized spacial score (nSPS) is 14.1. The fourth-order valence-electron chi connectivity index (χ4n) is 7.35. The van der Waals surface area contributed by atoms with E-state index in [9.17, 15) is 19.0 Å². The number of carbonyl (C=O) groups is 2. The molecular formula is C63H104NO8P. The van der Waals surface area contributed by atoms with Crippen LogP contribution in [0.15, 0.2) is 134 Å². The van der Waals surface area contributed by atoms with E-state index in [1.54, 1.807) is 0 Å². The average Bonchev–Trinajstić information content (AvgIpc) is 3.38. The van der Waals surface area contributed by atoms with Gasteiger partial charge in [0, 0.05) is 19.4 Å². The lowest BCUT2D eigenvalue weighted by atomic mass is 10.0. The molecule has 0 aliphatic carbocycles. The van der Waals surface area contributed by atoms with Crippen molar-refractivity contribution in [1.29, 1.82) is 0 Å². The molecule has 2 atom stereocenters. The van der Waals surface area contributed by atoms with Gasteiger partial charge in [-0.2, -0.15) is 0 Å². The summed E-state index contributed by atoms with van der Waals surface area (Å²) in [5, 5.41) is 0. The maximum absolute atomic E-state index is 12.7. The molecule has 0 saturated heterocycles. The highest BCUT2D eigenvalue weighted by molar-refractivity contribution is 7.47. The third-order valence-electron chi connectivity index (χ3n) is 11.6. The third-order valence-corrected chi connectivity index (χ3v) is 12.5. The minimum Gasteiger partial charge on any atom is -0.462 e. The van der Waals surface area contributed by atoms with Gasteiger partial charge in [0.2, 0.25) is 0 Å². The Morgan fingerprint density at radius 3 is 1.12 bits per heavy atom. The van der Waals surface area contributed by atoms with Gasteiger partial charge in [-0.05, 0) is 96.3 Å². The molecule has 0 amide bonds. The molecule has 0 aliphatic heterocycles. The molecule has 3 N–H and O–H groups in total. The minimum absolute atomic E-state index is 0.0445. The van der Waals surface area contributed by atoms with Crippen molar-refractivity contribution in [2.24, 2.45) is 5.73 Å². The van der Waals surface area contributed by atoms with E-state index in [1.165, 1.54) is 64.2 Å². The van der Waals surface area contributed by atoms with Gasteiger partial charge in [-0.1, -0.05) is 244 Å². The van der Waals surface area contributed by atoms with Crippen molar-refractivity contribution >= 4 is 19.8 Å². The fourth-order valence-corrected chi connectivity index (χ4v) is 8.11. The summed E-state index contributed by atoms with van der Waals surface area (Å²) in [4.78, 5) is 35.0. The van der Waals surface area contributed by atoms with Crippen LogP contribution in [0.5, 0.6) is 0 Å². The maximum atomic E-state index is 12.7. The summed E-state index contributed by atoms with van der Waals surface area (Å²) < 4.78 is 32.9. The lowest BCUT2D eigenvalue weighted by molar-refractivity contribution is -0.161. The number of phosphoric acid groups is 1. The summed E-state index contributed by atoms with van der Waals surface area (Å²) in [6, 6.07) is 0. The van der Waals surface area contributed by atoms with Crippen molar-refractivity contribution in [2.45, 2.75) is 225 Å². The number of hydrogen-bond acceptors (Lipinski definition) is 8. The highest BCUT2D eigenvalue weighted by atomic mass is 31.2. The molecule has 0 fully saturated rings. The largest absolute Gasteiger partial charge is 0.472 e. The van der Waals surface area contributed by atoms with Crippen LogP contribution in [0, 0.1) is 0 Å². The molecule has 0 rings (SSSR count). The molecule has 0 aromatic rings. The van der Waals surface area contributed by atoms with Gasteiger partial charge in [0.15, 0.2) is 6.10 Å². The van der Waals surface area contributed by atoms with Crippen LogP contribution in [0.25, 0.3) is 0 Å². The molecule has 0 aliphatic rings. The highest BCUT2D eigenvalue weighted by Crippen LogP contribution is 2.43. The standard InChI is InChI=1S/C63H104NO8P/c1-3-5-7-9-11-13-15-17-18-19-20-21-22-23-24-25-26-27-28-29-30-31-32-33-34-35-36-37-38-39-40-41-42-44-46-48-50-52-54-56-63(66)72-61(60-71-73(67,68)70-58-57-64)59-69-62(65)55-53-51-49-47-45-43-16-14-12-10-8-6-4-2/h5,7,11,13,17-18,20-21,23-24,26-27,29-30,32-33,35-36,38-39,41-42,61H,3-4,6,8-10,12,14-16,19,22,25,28,31,34,37,40,43-60,64H2,1-2H3,(H,67,68)/b7-5-,13-11-,18-17-,21-20-,24-23-,27-26-,30-29-,33-32-,36-35-,39-38-,42-41-. The van der Waals surface area contributed by atoms with Gasteiger partial charge in [0.1, 0.15) is 6.61 Å². The number of rotatable bonds is 52. The Labute approximate surface area is 446 Å². The van der Waals surface area contributed by atoms with Gasteiger partial charge >= 0.3 is 19.8 Å². The first-order valence-corrected chi connectivity index (χ1v) is 30.2. The number of phosphoric ester groups is 1. The van der Waals surface area contributed by atoms with Gasteiger partial charge in [0.05, 0.1) is 13.2 Å².